The minimum atomic E-state index is -3.59. The lowest BCUT2D eigenvalue weighted by atomic mass is 9.85. The first-order valence-electron chi connectivity index (χ1n) is 6.33. The van der Waals surface area contributed by atoms with Crippen LogP contribution in [0.4, 0.5) is 0 Å². The highest BCUT2D eigenvalue weighted by atomic mass is 32.2. The van der Waals surface area contributed by atoms with Crippen LogP contribution in [-0.4, -0.2) is 15.0 Å². The fourth-order valence-electron chi connectivity index (χ4n) is 2.10. The van der Waals surface area contributed by atoms with Crippen molar-refractivity contribution in [2.75, 3.05) is 6.54 Å². The maximum atomic E-state index is 11.1. The van der Waals surface area contributed by atoms with Gasteiger partial charge in [0.25, 0.3) is 0 Å². The van der Waals surface area contributed by atoms with Crippen LogP contribution in [0.3, 0.4) is 0 Å². The van der Waals surface area contributed by atoms with Crippen molar-refractivity contribution in [2.45, 2.75) is 37.1 Å². The van der Waals surface area contributed by atoms with Crippen LogP contribution in [0.5, 0.6) is 0 Å². The summed E-state index contributed by atoms with van der Waals surface area (Å²) in [4.78, 5) is 0.164. The van der Waals surface area contributed by atoms with Crippen molar-refractivity contribution >= 4 is 10.0 Å². The van der Waals surface area contributed by atoms with Crippen LogP contribution in [0.2, 0.25) is 0 Å². The Bertz CT molecular complexity index is 492. The highest BCUT2D eigenvalue weighted by molar-refractivity contribution is 7.89. The van der Waals surface area contributed by atoms with E-state index in [9.17, 15) is 8.42 Å². The first-order chi connectivity index (χ1) is 8.47. The smallest absolute Gasteiger partial charge is 0.238 e. The molecule has 1 unspecified atom stereocenters. The van der Waals surface area contributed by atoms with Crippen molar-refractivity contribution in [3.8, 4) is 0 Å². The van der Waals surface area contributed by atoms with Gasteiger partial charge < -0.3 is 5.32 Å². The number of primary sulfonamides is 1. The number of benzene rings is 1. The van der Waals surface area contributed by atoms with Gasteiger partial charge in [-0.15, -0.1) is 0 Å². The molecule has 1 aliphatic rings. The Hall–Kier alpha value is -0.910. The third-order valence-corrected chi connectivity index (χ3v) is 4.58. The van der Waals surface area contributed by atoms with E-state index in [2.05, 4.69) is 12.2 Å². The highest BCUT2D eigenvalue weighted by Gasteiger charge is 2.18. The molecule has 5 heteroatoms. The topological polar surface area (TPSA) is 72.2 Å². The molecule has 0 bridgehead atoms. The minimum absolute atomic E-state index is 0.164. The Morgan fingerprint density at radius 1 is 1.33 bits per heavy atom. The summed E-state index contributed by atoms with van der Waals surface area (Å²) in [5, 5.41) is 8.54. The van der Waals surface area contributed by atoms with Gasteiger partial charge in [0.15, 0.2) is 0 Å². The van der Waals surface area contributed by atoms with Gasteiger partial charge in [-0.2, -0.15) is 0 Å². The maximum Gasteiger partial charge on any atom is 0.238 e. The van der Waals surface area contributed by atoms with E-state index in [1.807, 2.05) is 12.1 Å². The molecule has 0 amide bonds. The molecule has 0 spiro atoms. The Labute approximate surface area is 109 Å². The molecule has 4 nitrogen and oxygen atoms in total. The van der Waals surface area contributed by atoms with Gasteiger partial charge in [0.1, 0.15) is 0 Å². The summed E-state index contributed by atoms with van der Waals surface area (Å²) < 4.78 is 22.3. The van der Waals surface area contributed by atoms with Gasteiger partial charge in [0, 0.05) is 6.04 Å². The van der Waals surface area contributed by atoms with E-state index in [1.165, 1.54) is 19.3 Å². The van der Waals surface area contributed by atoms with Crippen LogP contribution in [0.15, 0.2) is 29.2 Å². The molecule has 1 atom stereocenters. The third kappa shape index (κ3) is 3.31. The molecule has 0 heterocycles. The molecular weight excluding hydrogens is 248 g/mol. The molecule has 2 rings (SSSR count). The molecule has 1 saturated carbocycles. The Morgan fingerprint density at radius 2 is 1.94 bits per heavy atom. The molecule has 1 fully saturated rings. The normalized spacial score (nSPS) is 18.3. The van der Waals surface area contributed by atoms with Crippen molar-refractivity contribution in [3.63, 3.8) is 0 Å². The Balaban J connectivity index is 1.95. The molecule has 1 aromatic rings. The van der Waals surface area contributed by atoms with Gasteiger partial charge in [-0.1, -0.05) is 18.6 Å². The van der Waals surface area contributed by atoms with Gasteiger partial charge >= 0.3 is 0 Å². The van der Waals surface area contributed by atoms with Crippen LogP contribution < -0.4 is 10.5 Å². The Kier molecular flexibility index (Phi) is 4.04. The molecule has 1 aliphatic carbocycles. The average Bonchev–Trinajstić information content (AvgIpc) is 2.26. The van der Waals surface area contributed by atoms with E-state index in [4.69, 9.17) is 5.14 Å². The molecule has 18 heavy (non-hydrogen) atoms. The summed E-state index contributed by atoms with van der Waals surface area (Å²) in [5.41, 5.74) is 1.08. The summed E-state index contributed by atoms with van der Waals surface area (Å²) in [5.74, 6) is 0.816. The fraction of sp³-hybridized carbons (Fsp3) is 0.538. The summed E-state index contributed by atoms with van der Waals surface area (Å²) in [6.07, 6.45) is 4.00. The molecule has 0 saturated heterocycles. The third-order valence-electron chi connectivity index (χ3n) is 3.65. The van der Waals surface area contributed by atoms with Gasteiger partial charge in [-0.05, 0) is 49.9 Å². The SMILES string of the molecule is CC(NCC1CCC1)c1ccc(S(N)(=O)=O)cc1. The number of hydrogen-bond acceptors (Lipinski definition) is 3. The van der Waals surface area contributed by atoms with E-state index in [1.54, 1.807) is 12.1 Å². The second-order valence-corrected chi connectivity index (χ2v) is 6.60. The van der Waals surface area contributed by atoms with E-state index < -0.39 is 10.0 Å². The van der Waals surface area contributed by atoms with Crippen LogP contribution in [0, 0.1) is 5.92 Å². The van der Waals surface area contributed by atoms with Crippen molar-refractivity contribution < 1.29 is 8.42 Å². The summed E-state index contributed by atoms with van der Waals surface area (Å²) in [6.45, 7) is 3.13. The zero-order chi connectivity index (χ0) is 13.2. The van der Waals surface area contributed by atoms with Crippen molar-refractivity contribution in [1.82, 2.24) is 5.32 Å². The molecule has 0 aliphatic heterocycles. The summed E-state index contributed by atoms with van der Waals surface area (Å²) >= 11 is 0. The maximum absolute atomic E-state index is 11.1. The lowest BCUT2D eigenvalue weighted by Crippen LogP contribution is -2.29. The largest absolute Gasteiger partial charge is 0.310 e. The Morgan fingerprint density at radius 3 is 2.39 bits per heavy atom. The van der Waals surface area contributed by atoms with Crippen molar-refractivity contribution in [3.05, 3.63) is 29.8 Å². The molecule has 3 N–H and O–H groups in total. The van der Waals surface area contributed by atoms with E-state index >= 15 is 0 Å². The lowest BCUT2D eigenvalue weighted by Gasteiger charge is -2.27. The highest BCUT2D eigenvalue weighted by Crippen LogP contribution is 2.26. The first kappa shape index (κ1) is 13.5. The number of rotatable bonds is 5. The van der Waals surface area contributed by atoms with Crippen LogP contribution in [0.25, 0.3) is 0 Å². The first-order valence-corrected chi connectivity index (χ1v) is 7.87. The minimum Gasteiger partial charge on any atom is -0.310 e. The standard InChI is InChI=1S/C13H20N2O2S/c1-10(15-9-11-3-2-4-11)12-5-7-13(8-6-12)18(14,16)17/h5-8,10-11,15H,2-4,9H2,1H3,(H2,14,16,17). The molecule has 100 valence electrons. The second-order valence-electron chi connectivity index (χ2n) is 5.04. The molecule has 0 aromatic heterocycles. The molecular formula is C13H20N2O2S. The van der Waals surface area contributed by atoms with E-state index in [0.717, 1.165) is 18.0 Å². The zero-order valence-corrected chi connectivity index (χ0v) is 11.4. The predicted octanol–water partition coefficient (Wildman–Crippen LogP) is 1.78. The van der Waals surface area contributed by atoms with Gasteiger partial charge in [-0.3, -0.25) is 0 Å². The zero-order valence-electron chi connectivity index (χ0n) is 10.6. The lowest BCUT2D eigenvalue weighted by molar-refractivity contribution is 0.292. The summed E-state index contributed by atoms with van der Waals surface area (Å²) in [6, 6.07) is 6.99. The van der Waals surface area contributed by atoms with Gasteiger partial charge in [0.2, 0.25) is 10.0 Å². The van der Waals surface area contributed by atoms with Crippen LogP contribution in [0.1, 0.15) is 37.8 Å². The monoisotopic (exact) mass is 268 g/mol. The van der Waals surface area contributed by atoms with Crippen LogP contribution in [-0.2, 0) is 10.0 Å². The van der Waals surface area contributed by atoms with Gasteiger partial charge in [0.05, 0.1) is 4.90 Å². The average molecular weight is 268 g/mol. The van der Waals surface area contributed by atoms with Crippen molar-refractivity contribution in [1.29, 1.82) is 0 Å². The predicted molar refractivity (Wildman–Crippen MR) is 71.6 cm³/mol. The van der Waals surface area contributed by atoms with Gasteiger partial charge in [-0.25, -0.2) is 13.6 Å². The van der Waals surface area contributed by atoms with E-state index in [0.29, 0.717) is 0 Å². The molecule has 1 aromatic carbocycles. The van der Waals surface area contributed by atoms with Crippen LogP contribution >= 0.6 is 0 Å². The second kappa shape index (κ2) is 5.38. The number of sulfonamides is 1. The fourth-order valence-corrected chi connectivity index (χ4v) is 2.62. The van der Waals surface area contributed by atoms with Crippen molar-refractivity contribution in [2.24, 2.45) is 11.1 Å². The quantitative estimate of drug-likeness (QED) is 0.855. The number of nitrogens with two attached hydrogens (primary N) is 1. The summed E-state index contributed by atoms with van der Waals surface area (Å²) in [7, 11) is -3.59. The number of nitrogens with one attached hydrogen (secondary N) is 1. The molecule has 0 radical (unpaired) electrons. The van der Waals surface area contributed by atoms with E-state index in [-0.39, 0.29) is 10.9 Å². The number of hydrogen-bond donors (Lipinski definition) is 2.